The van der Waals surface area contributed by atoms with Gasteiger partial charge in [-0.15, -0.1) is 0 Å². The molecule has 1 aliphatic heterocycles. The van der Waals surface area contributed by atoms with Crippen LogP contribution in [0.15, 0.2) is 41.3 Å². The molecule has 1 atom stereocenters. The van der Waals surface area contributed by atoms with Crippen LogP contribution in [0.3, 0.4) is 0 Å². The minimum Gasteiger partial charge on any atom is -0.493 e. The molecule has 0 fully saturated rings. The van der Waals surface area contributed by atoms with Gasteiger partial charge in [-0.3, -0.25) is 4.79 Å². The summed E-state index contributed by atoms with van der Waals surface area (Å²) in [6, 6.07) is 9.51. The highest BCUT2D eigenvalue weighted by Gasteiger charge is 2.28. The van der Waals surface area contributed by atoms with E-state index >= 15 is 0 Å². The predicted molar refractivity (Wildman–Crippen MR) is 98.9 cm³/mol. The van der Waals surface area contributed by atoms with E-state index in [1.165, 1.54) is 31.3 Å². The van der Waals surface area contributed by atoms with Crippen LogP contribution in [0.25, 0.3) is 0 Å². The highest BCUT2D eigenvalue weighted by molar-refractivity contribution is 7.89. The molecule has 0 aliphatic carbocycles. The zero-order valence-electron chi connectivity index (χ0n) is 15.0. The maximum absolute atomic E-state index is 12.8. The van der Waals surface area contributed by atoms with Crippen molar-refractivity contribution in [3.05, 3.63) is 58.7 Å². The Morgan fingerprint density at radius 2 is 1.85 bits per heavy atom. The molecule has 1 amide bonds. The SMILES string of the molecule is CNC(=O)c1ccc(S(=O)(=O)N[C@@H]2CCOc3c(C)cc(C)cc32)cc1. The number of benzene rings is 2. The van der Waals surface area contributed by atoms with Gasteiger partial charge in [-0.05, 0) is 43.7 Å². The summed E-state index contributed by atoms with van der Waals surface area (Å²) in [5.74, 6) is 0.496. The summed E-state index contributed by atoms with van der Waals surface area (Å²) < 4.78 is 34.1. The van der Waals surface area contributed by atoms with Gasteiger partial charge in [0.15, 0.2) is 0 Å². The first-order valence-corrected chi connectivity index (χ1v) is 9.88. The number of carbonyl (C=O) groups excluding carboxylic acids is 1. The van der Waals surface area contributed by atoms with Crippen molar-refractivity contribution >= 4 is 15.9 Å². The van der Waals surface area contributed by atoms with Crippen LogP contribution in [0.4, 0.5) is 0 Å². The van der Waals surface area contributed by atoms with Crippen molar-refractivity contribution in [3.63, 3.8) is 0 Å². The molecule has 0 unspecified atom stereocenters. The largest absolute Gasteiger partial charge is 0.493 e. The van der Waals surface area contributed by atoms with Crippen molar-refractivity contribution in [2.24, 2.45) is 0 Å². The molecule has 6 nitrogen and oxygen atoms in total. The Morgan fingerprint density at radius 3 is 2.50 bits per heavy atom. The summed E-state index contributed by atoms with van der Waals surface area (Å²) in [5.41, 5.74) is 3.33. The zero-order valence-corrected chi connectivity index (χ0v) is 15.8. The lowest BCUT2D eigenvalue weighted by Crippen LogP contribution is -2.32. The van der Waals surface area contributed by atoms with Gasteiger partial charge in [0.25, 0.3) is 5.91 Å². The standard InChI is InChI=1S/C19H22N2O4S/c1-12-10-13(2)18-16(11-12)17(8-9-25-18)21-26(23,24)15-6-4-14(5-7-15)19(22)20-3/h4-7,10-11,17,21H,8-9H2,1-3H3,(H,20,22)/t17-/m1/s1. The van der Waals surface area contributed by atoms with Crippen LogP contribution in [0, 0.1) is 13.8 Å². The van der Waals surface area contributed by atoms with E-state index in [2.05, 4.69) is 10.0 Å². The van der Waals surface area contributed by atoms with Crippen LogP contribution in [-0.2, 0) is 10.0 Å². The van der Waals surface area contributed by atoms with Gasteiger partial charge >= 0.3 is 0 Å². The predicted octanol–water partition coefficient (Wildman–Crippen LogP) is 2.47. The average Bonchev–Trinajstić information content (AvgIpc) is 2.61. The van der Waals surface area contributed by atoms with Gasteiger partial charge in [0.1, 0.15) is 5.75 Å². The van der Waals surface area contributed by atoms with E-state index < -0.39 is 10.0 Å². The second-order valence-corrected chi connectivity index (χ2v) is 8.13. The van der Waals surface area contributed by atoms with Crippen LogP contribution < -0.4 is 14.8 Å². The summed E-state index contributed by atoms with van der Waals surface area (Å²) in [6.45, 7) is 4.39. The first-order chi connectivity index (χ1) is 12.3. The number of sulfonamides is 1. The Balaban J connectivity index is 1.88. The molecule has 138 valence electrons. The fourth-order valence-corrected chi connectivity index (χ4v) is 4.43. The lowest BCUT2D eigenvalue weighted by molar-refractivity contribution is 0.0963. The molecular formula is C19H22N2O4S. The maximum atomic E-state index is 12.8. The van der Waals surface area contributed by atoms with Crippen LogP contribution in [0.1, 0.15) is 39.5 Å². The Bertz CT molecular complexity index is 937. The van der Waals surface area contributed by atoms with Gasteiger partial charge in [0, 0.05) is 24.6 Å². The molecule has 2 N–H and O–H groups in total. The van der Waals surface area contributed by atoms with Crippen LogP contribution in [0.2, 0.25) is 0 Å². The third-order valence-electron chi connectivity index (χ3n) is 4.43. The Labute approximate surface area is 153 Å². The molecule has 0 saturated carbocycles. The van der Waals surface area contributed by atoms with Crippen LogP contribution >= 0.6 is 0 Å². The molecule has 3 rings (SSSR count). The number of aryl methyl sites for hydroxylation is 2. The minimum absolute atomic E-state index is 0.127. The van der Waals surface area contributed by atoms with Gasteiger partial charge in [-0.2, -0.15) is 0 Å². The number of hydrogen-bond donors (Lipinski definition) is 2. The van der Waals surface area contributed by atoms with Crippen molar-refractivity contribution in [2.75, 3.05) is 13.7 Å². The summed E-state index contributed by atoms with van der Waals surface area (Å²) in [7, 11) is -2.19. The third kappa shape index (κ3) is 3.59. The Hall–Kier alpha value is -2.38. The number of ether oxygens (including phenoxy) is 1. The van der Waals surface area contributed by atoms with Crippen molar-refractivity contribution in [1.29, 1.82) is 0 Å². The van der Waals surface area contributed by atoms with E-state index in [-0.39, 0.29) is 16.8 Å². The molecule has 0 aromatic heterocycles. The number of carbonyl (C=O) groups is 1. The second-order valence-electron chi connectivity index (χ2n) is 6.41. The number of hydrogen-bond acceptors (Lipinski definition) is 4. The number of amides is 1. The normalized spacial score (nSPS) is 16.5. The fourth-order valence-electron chi connectivity index (χ4n) is 3.19. The average molecular weight is 374 g/mol. The molecule has 26 heavy (non-hydrogen) atoms. The summed E-state index contributed by atoms with van der Waals surface area (Å²) in [6.07, 6.45) is 0.561. The molecule has 0 radical (unpaired) electrons. The molecular weight excluding hydrogens is 352 g/mol. The monoisotopic (exact) mass is 374 g/mol. The molecule has 2 aromatic carbocycles. The first-order valence-electron chi connectivity index (χ1n) is 8.40. The van der Waals surface area contributed by atoms with Gasteiger partial charge < -0.3 is 10.1 Å². The second kappa shape index (κ2) is 7.09. The third-order valence-corrected chi connectivity index (χ3v) is 5.91. The van der Waals surface area contributed by atoms with E-state index in [0.29, 0.717) is 18.6 Å². The summed E-state index contributed by atoms with van der Waals surface area (Å²) in [5, 5.41) is 2.51. The highest BCUT2D eigenvalue weighted by Crippen LogP contribution is 2.36. The summed E-state index contributed by atoms with van der Waals surface area (Å²) >= 11 is 0. The van der Waals surface area contributed by atoms with Gasteiger partial charge in [0.2, 0.25) is 10.0 Å². The van der Waals surface area contributed by atoms with E-state index in [9.17, 15) is 13.2 Å². The van der Waals surface area contributed by atoms with Gasteiger partial charge in [-0.1, -0.05) is 17.7 Å². The lowest BCUT2D eigenvalue weighted by Gasteiger charge is -2.28. The molecule has 0 spiro atoms. The van der Waals surface area contributed by atoms with E-state index in [1.807, 2.05) is 26.0 Å². The van der Waals surface area contributed by atoms with Crippen LogP contribution in [-0.4, -0.2) is 28.0 Å². The van der Waals surface area contributed by atoms with Crippen molar-refractivity contribution in [2.45, 2.75) is 31.2 Å². The van der Waals surface area contributed by atoms with E-state index in [1.54, 1.807) is 0 Å². The van der Waals surface area contributed by atoms with Crippen molar-refractivity contribution in [1.82, 2.24) is 10.0 Å². The van der Waals surface area contributed by atoms with E-state index in [0.717, 1.165) is 22.4 Å². The first kappa shape index (κ1) is 18.4. The lowest BCUT2D eigenvalue weighted by atomic mass is 9.96. The van der Waals surface area contributed by atoms with Gasteiger partial charge in [0.05, 0.1) is 17.5 Å². The fraction of sp³-hybridized carbons (Fsp3) is 0.316. The molecule has 0 saturated heterocycles. The maximum Gasteiger partial charge on any atom is 0.251 e. The highest BCUT2D eigenvalue weighted by atomic mass is 32.2. The molecule has 2 aromatic rings. The quantitative estimate of drug-likeness (QED) is 0.861. The topological polar surface area (TPSA) is 84.5 Å². The van der Waals surface area contributed by atoms with Crippen molar-refractivity contribution in [3.8, 4) is 5.75 Å². The molecule has 1 aliphatic rings. The number of rotatable bonds is 4. The molecule has 0 bridgehead atoms. The molecule has 7 heteroatoms. The smallest absolute Gasteiger partial charge is 0.251 e. The number of fused-ring (bicyclic) bond motifs is 1. The van der Waals surface area contributed by atoms with Crippen molar-refractivity contribution < 1.29 is 17.9 Å². The Morgan fingerprint density at radius 1 is 1.15 bits per heavy atom. The minimum atomic E-state index is -3.71. The zero-order chi connectivity index (χ0) is 18.9. The molecule has 1 heterocycles. The van der Waals surface area contributed by atoms with E-state index in [4.69, 9.17) is 4.74 Å². The van der Waals surface area contributed by atoms with Crippen LogP contribution in [0.5, 0.6) is 5.75 Å². The number of nitrogens with one attached hydrogen (secondary N) is 2. The van der Waals surface area contributed by atoms with Gasteiger partial charge in [-0.25, -0.2) is 13.1 Å². The Kier molecular flexibility index (Phi) is 5.02. The summed E-state index contributed by atoms with van der Waals surface area (Å²) in [4.78, 5) is 11.7.